The Balaban J connectivity index is 1.37. The van der Waals surface area contributed by atoms with E-state index in [2.05, 4.69) is 20.6 Å². The summed E-state index contributed by atoms with van der Waals surface area (Å²) in [5, 5.41) is 16.8. The molecule has 0 saturated heterocycles. The van der Waals surface area contributed by atoms with Crippen molar-refractivity contribution in [3.05, 3.63) is 50.1 Å². The molecule has 13 nitrogen and oxygen atoms in total. The van der Waals surface area contributed by atoms with Crippen molar-refractivity contribution in [2.45, 2.75) is 43.6 Å². The normalized spacial score (nSPS) is 16.2. The maximum Gasteiger partial charge on any atom is 0.332 e. The molecule has 3 heterocycles. The molecule has 15 heteroatoms. The van der Waals surface area contributed by atoms with Crippen LogP contribution in [-0.4, -0.2) is 55.6 Å². The molecule has 2 saturated carbocycles. The van der Waals surface area contributed by atoms with Crippen molar-refractivity contribution < 1.29 is 18.3 Å². The second-order valence-corrected chi connectivity index (χ2v) is 13.8. The Labute approximate surface area is 238 Å². The molecule has 216 valence electrons. The Kier molecular flexibility index (Phi) is 6.62. The average molecular weight is 600 g/mol. The van der Waals surface area contributed by atoms with Crippen LogP contribution in [-0.2, 0) is 35.3 Å². The summed E-state index contributed by atoms with van der Waals surface area (Å²) in [7, 11) is -1.01. The highest BCUT2D eigenvalue weighted by atomic mass is 32.2. The van der Waals surface area contributed by atoms with E-state index in [1.54, 1.807) is 12.3 Å². The molecule has 0 spiro atoms. The van der Waals surface area contributed by atoms with Gasteiger partial charge >= 0.3 is 5.69 Å². The van der Waals surface area contributed by atoms with Crippen molar-refractivity contribution >= 4 is 49.6 Å². The molecule has 6 rings (SSSR count). The van der Waals surface area contributed by atoms with Gasteiger partial charge in [0, 0.05) is 60.2 Å². The van der Waals surface area contributed by atoms with Crippen molar-refractivity contribution in [3.63, 3.8) is 0 Å². The Morgan fingerprint density at radius 3 is 2.49 bits per heavy atom. The number of aliphatic hydroxyl groups excluding tert-OH is 1. The molecule has 4 aromatic rings. The van der Waals surface area contributed by atoms with Gasteiger partial charge in [-0.05, 0) is 43.9 Å². The first-order valence-electron chi connectivity index (χ1n) is 13.1. The van der Waals surface area contributed by atoms with Crippen molar-refractivity contribution in [1.29, 1.82) is 0 Å². The van der Waals surface area contributed by atoms with Crippen LogP contribution in [0.15, 0.2) is 39.1 Å². The summed E-state index contributed by atoms with van der Waals surface area (Å²) in [4.78, 5) is 47.8. The number of carbonyl (C=O) groups excluding carboxylic acids is 1. The highest BCUT2D eigenvalue weighted by Gasteiger charge is 2.31. The number of fused-ring (bicyclic) bond motifs is 1. The number of rotatable bonds is 9. The van der Waals surface area contributed by atoms with Gasteiger partial charge in [-0.2, -0.15) is 4.98 Å². The SMILES string of the molecule is Cn1c(=O)c2c(nc(S(C)(=O)=O)n2C)n(Cc2cnc(-c3cc(NC(=O)C4CC4)cc(NC(O)C4CC4)c3)s2)c1=O. The maximum atomic E-state index is 13.1. The molecule has 0 radical (unpaired) electrons. The molecule has 1 unspecified atom stereocenters. The zero-order valence-electron chi connectivity index (χ0n) is 22.6. The number of imidazole rings is 1. The topological polar surface area (TPSA) is 170 Å². The average Bonchev–Trinajstić information content (AvgIpc) is 3.84. The fourth-order valence-electron chi connectivity index (χ4n) is 4.75. The number of hydrogen-bond donors (Lipinski definition) is 3. The largest absolute Gasteiger partial charge is 0.374 e. The molecule has 1 aromatic carbocycles. The summed E-state index contributed by atoms with van der Waals surface area (Å²) in [6.07, 6.45) is 5.54. The minimum atomic E-state index is -3.76. The van der Waals surface area contributed by atoms with E-state index in [1.807, 2.05) is 12.1 Å². The smallest absolute Gasteiger partial charge is 0.332 e. The lowest BCUT2D eigenvalue weighted by Gasteiger charge is -2.16. The third-order valence-electron chi connectivity index (χ3n) is 7.29. The van der Waals surface area contributed by atoms with E-state index in [1.165, 1.54) is 34.6 Å². The summed E-state index contributed by atoms with van der Waals surface area (Å²) in [5.74, 6) is 0.171. The molecular formula is C26H29N7O6S2. The van der Waals surface area contributed by atoms with Gasteiger partial charge < -0.3 is 20.3 Å². The number of nitrogens with one attached hydrogen (secondary N) is 2. The number of aliphatic hydroxyl groups is 1. The van der Waals surface area contributed by atoms with E-state index in [0.717, 1.165) is 36.5 Å². The van der Waals surface area contributed by atoms with Crippen molar-refractivity contribution in [2.24, 2.45) is 25.9 Å². The predicted octanol–water partition coefficient (Wildman–Crippen LogP) is 1.50. The summed E-state index contributed by atoms with van der Waals surface area (Å²) < 4.78 is 27.9. The zero-order valence-corrected chi connectivity index (χ0v) is 24.3. The summed E-state index contributed by atoms with van der Waals surface area (Å²) in [5.41, 5.74) is 0.621. The van der Waals surface area contributed by atoms with E-state index in [4.69, 9.17) is 0 Å². The monoisotopic (exact) mass is 599 g/mol. The third-order valence-corrected chi connectivity index (χ3v) is 9.35. The highest BCUT2D eigenvalue weighted by Crippen LogP contribution is 2.36. The van der Waals surface area contributed by atoms with Crippen LogP contribution >= 0.6 is 11.3 Å². The Bertz CT molecular complexity index is 1930. The third kappa shape index (κ3) is 5.31. The summed E-state index contributed by atoms with van der Waals surface area (Å²) in [6.45, 7) is 0.00490. The number of thiazole rings is 1. The number of aryl methyl sites for hydroxylation is 1. The minimum Gasteiger partial charge on any atom is -0.374 e. The molecule has 2 aliphatic carbocycles. The Morgan fingerprint density at radius 2 is 1.83 bits per heavy atom. The van der Waals surface area contributed by atoms with Crippen LogP contribution in [0.1, 0.15) is 30.6 Å². The molecule has 2 fully saturated rings. The van der Waals surface area contributed by atoms with Crippen molar-refractivity contribution in [1.82, 2.24) is 23.7 Å². The van der Waals surface area contributed by atoms with Crippen molar-refractivity contribution in [2.75, 3.05) is 16.9 Å². The van der Waals surface area contributed by atoms with Crippen LogP contribution < -0.4 is 21.9 Å². The van der Waals surface area contributed by atoms with E-state index in [9.17, 15) is 27.9 Å². The van der Waals surface area contributed by atoms with Gasteiger partial charge in [0.1, 0.15) is 11.2 Å². The highest BCUT2D eigenvalue weighted by molar-refractivity contribution is 7.90. The number of hydrogen-bond acceptors (Lipinski definition) is 10. The number of nitrogens with zero attached hydrogens (tertiary/aromatic N) is 5. The molecule has 2 aliphatic rings. The molecule has 41 heavy (non-hydrogen) atoms. The Hall–Kier alpha value is -3.82. The minimum absolute atomic E-state index is 0.00121. The van der Waals surface area contributed by atoms with Crippen LogP contribution in [0.25, 0.3) is 21.7 Å². The van der Waals surface area contributed by atoms with Gasteiger partial charge in [-0.1, -0.05) is 0 Å². The fraction of sp³-hybridized carbons (Fsp3) is 0.423. The first-order chi connectivity index (χ1) is 19.4. The van der Waals surface area contributed by atoms with Gasteiger partial charge in [0.2, 0.25) is 20.9 Å². The van der Waals surface area contributed by atoms with Crippen LogP contribution in [0, 0.1) is 11.8 Å². The quantitative estimate of drug-likeness (QED) is 0.241. The first-order valence-corrected chi connectivity index (χ1v) is 15.8. The second-order valence-electron chi connectivity index (χ2n) is 10.8. The fourth-order valence-corrected chi connectivity index (χ4v) is 6.48. The number of aromatic nitrogens is 5. The number of carbonyl (C=O) groups is 1. The maximum absolute atomic E-state index is 13.1. The van der Waals surface area contributed by atoms with Crippen LogP contribution in [0.5, 0.6) is 0 Å². The summed E-state index contributed by atoms with van der Waals surface area (Å²) in [6, 6.07) is 5.44. The first kappa shape index (κ1) is 27.4. The van der Waals surface area contributed by atoms with Gasteiger partial charge in [0.05, 0.1) is 6.54 Å². The van der Waals surface area contributed by atoms with Crippen LogP contribution in [0.3, 0.4) is 0 Å². The van der Waals surface area contributed by atoms with Gasteiger partial charge in [-0.25, -0.2) is 18.2 Å². The van der Waals surface area contributed by atoms with E-state index < -0.39 is 27.3 Å². The predicted molar refractivity (Wildman–Crippen MR) is 154 cm³/mol. The number of benzene rings is 1. The van der Waals surface area contributed by atoms with Crippen LogP contribution in [0.2, 0.25) is 0 Å². The lowest BCUT2D eigenvalue weighted by Crippen LogP contribution is -2.38. The molecule has 1 amide bonds. The zero-order chi connectivity index (χ0) is 29.2. The van der Waals surface area contributed by atoms with Gasteiger partial charge in [0.15, 0.2) is 11.2 Å². The number of anilines is 2. The van der Waals surface area contributed by atoms with E-state index >= 15 is 0 Å². The molecule has 3 aromatic heterocycles. The number of amides is 1. The van der Waals surface area contributed by atoms with Crippen molar-refractivity contribution in [3.8, 4) is 10.6 Å². The number of sulfone groups is 1. The van der Waals surface area contributed by atoms with Gasteiger partial charge in [0.25, 0.3) is 5.56 Å². The molecule has 0 aliphatic heterocycles. The standard InChI is InChI=1S/C26H29N7O6S2/c1-31-19-20(30-25(31)41(3,38)39)33(26(37)32(2)24(19)36)12-18-11-27-23(40-18)15-8-16(28-21(34)13-4-5-13)10-17(9-15)29-22(35)14-6-7-14/h8-11,13-14,21,28,34H,4-7,12H2,1-3H3,(H,29,35). The van der Waals surface area contributed by atoms with Gasteiger partial charge in [-0.15, -0.1) is 11.3 Å². The second kappa shape index (κ2) is 9.92. The Morgan fingerprint density at radius 1 is 1.12 bits per heavy atom. The molecule has 3 N–H and O–H groups in total. The van der Waals surface area contributed by atoms with E-state index in [0.29, 0.717) is 26.8 Å². The lowest BCUT2D eigenvalue weighted by atomic mass is 10.1. The molecular weight excluding hydrogens is 570 g/mol. The van der Waals surface area contributed by atoms with E-state index in [-0.39, 0.29) is 40.6 Å². The van der Waals surface area contributed by atoms with Crippen LogP contribution in [0.4, 0.5) is 11.4 Å². The lowest BCUT2D eigenvalue weighted by molar-refractivity contribution is -0.117. The van der Waals surface area contributed by atoms with Gasteiger partial charge in [-0.3, -0.25) is 18.7 Å². The molecule has 0 bridgehead atoms. The molecule has 1 atom stereocenters. The summed E-state index contributed by atoms with van der Waals surface area (Å²) >= 11 is 1.30.